The number of hydrogen-bond acceptors (Lipinski definition) is 2. The molecule has 7 aromatic rings. The van der Waals surface area contributed by atoms with Crippen molar-refractivity contribution in [2.45, 2.75) is 38.5 Å². The van der Waals surface area contributed by atoms with Gasteiger partial charge in [-0.2, -0.15) is 0 Å². The van der Waals surface area contributed by atoms with E-state index in [-0.39, 0.29) is 10.8 Å². The summed E-state index contributed by atoms with van der Waals surface area (Å²) in [5, 5.41) is 0. The molecule has 222 valence electrons. The van der Waals surface area contributed by atoms with E-state index in [1.165, 1.54) is 44.5 Å². The van der Waals surface area contributed by atoms with Gasteiger partial charge in [0.2, 0.25) is 0 Å². The van der Waals surface area contributed by atoms with Crippen LogP contribution in [0.5, 0.6) is 0 Å². The van der Waals surface area contributed by atoms with Gasteiger partial charge in [0, 0.05) is 11.1 Å². The molecular formula is C44H36N2. The SMILES string of the molecule is CC1(C)c2cc(-c3ccccc3)ccc2-c2ccc(-c3nc4ccccc4nc3-c3ccc(-c4ccccc4)cc3)cc2C1(C)C. The van der Waals surface area contributed by atoms with Crippen LogP contribution in [-0.2, 0) is 10.8 Å². The fraction of sp³-hybridized carbons (Fsp3) is 0.136. The molecule has 0 saturated carbocycles. The number of nitrogens with zero attached hydrogens (tertiary/aromatic N) is 2. The van der Waals surface area contributed by atoms with Gasteiger partial charge in [-0.1, -0.05) is 149 Å². The number of aromatic nitrogens is 2. The fourth-order valence-corrected chi connectivity index (χ4v) is 7.08. The van der Waals surface area contributed by atoms with Crippen LogP contribution in [0, 0.1) is 0 Å². The molecule has 1 aromatic heterocycles. The van der Waals surface area contributed by atoms with Crippen LogP contribution < -0.4 is 0 Å². The highest BCUT2D eigenvalue weighted by atomic mass is 14.8. The van der Waals surface area contributed by atoms with Crippen LogP contribution in [0.2, 0.25) is 0 Å². The van der Waals surface area contributed by atoms with E-state index >= 15 is 0 Å². The first-order valence-corrected chi connectivity index (χ1v) is 16.1. The van der Waals surface area contributed by atoms with Crippen molar-refractivity contribution in [1.29, 1.82) is 0 Å². The van der Waals surface area contributed by atoms with Crippen molar-refractivity contribution in [2.24, 2.45) is 0 Å². The van der Waals surface area contributed by atoms with Crippen molar-refractivity contribution < 1.29 is 0 Å². The van der Waals surface area contributed by atoms with Gasteiger partial charge in [-0.25, -0.2) is 9.97 Å². The lowest BCUT2D eigenvalue weighted by molar-refractivity contribution is 0.299. The highest BCUT2D eigenvalue weighted by Crippen LogP contribution is 2.55. The topological polar surface area (TPSA) is 25.8 Å². The molecule has 1 aliphatic carbocycles. The van der Waals surface area contributed by atoms with E-state index in [9.17, 15) is 0 Å². The van der Waals surface area contributed by atoms with Crippen LogP contribution in [0.3, 0.4) is 0 Å². The number of fused-ring (bicyclic) bond motifs is 4. The first-order valence-electron chi connectivity index (χ1n) is 16.1. The van der Waals surface area contributed by atoms with Gasteiger partial charge in [0.15, 0.2) is 0 Å². The van der Waals surface area contributed by atoms with E-state index in [0.29, 0.717) is 0 Å². The molecule has 0 amide bonds. The lowest BCUT2D eigenvalue weighted by Gasteiger charge is -2.48. The average Bonchev–Trinajstić information content (AvgIpc) is 3.11. The standard InChI is InChI=1S/C44H36N2/c1-43(2)37-27-33(30-15-9-6-10-16-30)23-25-35(37)36-26-24-34(28-38(36)44(43,3)4)42-41(45-39-17-11-12-18-40(39)46-42)32-21-19-31(20-22-32)29-13-7-5-8-14-29/h5-28H,1-4H3. The molecule has 0 atom stereocenters. The van der Waals surface area contributed by atoms with E-state index in [1.807, 2.05) is 18.2 Å². The summed E-state index contributed by atoms with van der Waals surface area (Å²) >= 11 is 0. The maximum atomic E-state index is 5.26. The summed E-state index contributed by atoms with van der Waals surface area (Å²) in [4.78, 5) is 10.5. The molecule has 1 aliphatic rings. The zero-order valence-corrected chi connectivity index (χ0v) is 26.8. The Balaban J connectivity index is 1.29. The molecule has 0 spiro atoms. The minimum absolute atomic E-state index is 0.107. The number of benzene rings is 6. The van der Waals surface area contributed by atoms with Crippen molar-refractivity contribution in [3.63, 3.8) is 0 Å². The van der Waals surface area contributed by atoms with Gasteiger partial charge in [-0.05, 0) is 79.6 Å². The van der Waals surface area contributed by atoms with E-state index < -0.39 is 0 Å². The normalized spacial score (nSPS) is 14.4. The van der Waals surface area contributed by atoms with Crippen LogP contribution in [0.1, 0.15) is 38.8 Å². The van der Waals surface area contributed by atoms with Crippen LogP contribution in [0.4, 0.5) is 0 Å². The number of hydrogen-bond donors (Lipinski definition) is 0. The molecule has 2 nitrogen and oxygen atoms in total. The van der Waals surface area contributed by atoms with Crippen molar-refractivity contribution in [1.82, 2.24) is 9.97 Å². The summed E-state index contributed by atoms with van der Waals surface area (Å²) < 4.78 is 0. The molecule has 2 heteroatoms. The van der Waals surface area contributed by atoms with Crippen molar-refractivity contribution in [3.05, 3.63) is 157 Å². The molecule has 0 fully saturated rings. The summed E-state index contributed by atoms with van der Waals surface area (Å²) in [5.74, 6) is 0. The molecule has 0 bridgehead atoms. The lowest BCUT2D eigenvalue weighted by Crippen LogP contribution is -2.43. The minimum atomic E-state index is -0.136. The fourth-order valence-electron chi connectivity index (χ4n) is 7.08. The summed E-state index contributed by atoms with van der Waals surface area (Å²) in [5.41, 5.74) is 15.8. The molecule has 0 aliphatic heterocycles. The Morgan fingerprint density at radius 3 is 1.26 bits per heavy atom. The first-order chi connectivity index (χ1) is 22.3. The molecular weight excluding hydrogens is 556 g/mol. The van der Waals surface area contributed by atoms with Crippen LogP contribution in [0.25, 0.3) is 66.9 Å². The third kappa shape index (κ3) is 4.48. The second-order valence-corrected chi connectivity index (χ2v) is 13.5. The van der Waals surface area contributed by atoms with Gasteiger partial charge in [0.1, 0.15) is 0 Å². The van der Waals surface area contributed by atoms with Crippen molar-refractivity contribution in [3.8, 4) is 55.9 Å². The van der Waals surface area contributed by atoms with Gasteiger partial charge in [0.05, 0.1) is 22.4 Å². The van der Waals surface area contributed by atoms with E-state index in [2.05, 4.69) is 155 Å². The lowest BCUT2D eigenvalue weighted by atomic mass is 9.55. The molecule has 1 heterocycles. The van der Waals surface area contributed by atoms with Gasteiger partial charge in [-0.3, -0.25) is 0 Å². The maximum Gasteiger partial charge on any atom is 0.0973 e. The quantitative estimate of drug-likeness (QED) is 0.203. The largest absolute Gasteiger partial charge is 0.244 e. The average molecular weight is 593 g/mol. The van der Waals surface area contributed by atoms with Crippen LogP contribution in [-0.4, -0.2) is 9.97 Å². The van der Waals surface area contributed by atoms with Gasteiger partial charge >= 0.3 is 0 Å². The molecule has 0 radical (unpaired) electrons. The van der Waals surface area contributed by atoms with Gasteiger partial charge in [-0.15, -0.1) is 0 Å². The van der Waals surface area contributed by atoms with Crippen molar-refractivity contribution >= 4 is 11.0 Å². The molecule has 0 saturated heterocycles. The summed E-state index contributed by atoms with van der Waals surface area (Å²) in [7, 11) is 0. The summed E-state index contributed by atoms with van der Waals surface area (Å²) in [6.07, 6.45) is 0. The summed E-state index contributed by atoms with van der Waals surface area (Å²) in [6.45, 7) is 9.57. The number of rotatable bonds is 4. The second kappa shape index (κ2) is 10.6. The first kappa shape index (κ1) is 28.2. The van der Waals surface area contributed by atoms with Gasteiger partial charge < -0.3 is 0 Å². The Morgan fingerprint density at radius 2 is 0.717 bits per heavy atom. The predicted molar refractivity (Wildman–Crippen MR) is 193 cm³/mol. The molecule has 8 rings (SSSR count). The molecule has 6 aromatic carbocycles. The second-order valence-electron chi connectivity index (χ2n) is 13.5. The van der Waals surface area contributed by atoms with E-state index in [1.54, 1.807) is 0 Å². The Bertz CT molecular complexity index is 2230. The minimum Gasteiger partial charge on any atom is -0.244 e. The molecule has 46 heavy (non-hydrogen) atoms. The summed E-state index contributed by atoms with van der Waals surface area (Å²) in [6, 6.07) is 52.0. The van der Waals surface area contributed by atoms with Crippen LogP contribution >= 0.6 is 0 Å². The monoisotopic (exact) mass is 592 g/mol. The van der Waals surface area contributed by atoms with Crippen molar-refractivity contribution in [2.75, 3.05) is 0 Å². The zero-order chi connectivity index (χ0) is 31.5. The predicted octanol–water partition coefficient (Wildman–Crippen LogP) is 11.5. The molecule has 0 N–H and O–H groups in total. The smallest absolute Gasteiger partial charge is 0.0973 e. The van der Waals surface area contributed by atoms with E-state index in [4.69, 9.17) is 9.97 Å². The van der Waals surface area contributed by atoms with Gasteiger partial charge in [0.25, 0.3) is 0 Å². The zero-order valence-electron chi connectivity index (χ0n) is 26.8. The highest BCUT2D eigenvalue weighted by Gasteiger charge is 2.46. The van der Waals surface area contributed by atoms with E-state index in [0.717, 1.165) is 33.5 Å². The molecule has 0 unspecified atom stereocenters. The Morgan fingerprint density at radius 1 is 0.348 bits per heavy atom. The number of para-hydroxylation sites is 2. The third-order valence-corrected chi connectivity index (χ3v) is 10.5. The third-order valence-electron chi connectivity index (χ3n) is 10.5. The van der Waals surface area contributed by atoms with Crippen LogP contribution in [0.15, 0.2) is 146 Å². The Kier molecular flexibility index (Phi) is 6.51. The maximum absolute atomic E-state index is 5.26. The highest BCUT2D eigenvalue weighted by molar-refractivity contribution is 5.89. The Hall–Kier alpha value is -5.34. The Labute approximate surface area is 271 Å².